The van der Waals surface area contributed by atoms with E-state index in [1.807, 2.05) is 12.1 Å². The van der Waals surface area contributed by atoms with Gasteiger partial charge in [0.15, 0.2) is 0 Å². The highest BCUT2D eigenvalue weighted by Gasteiger charge is 2.10. The number of ether oxygens (including phenoxy) is 1. The fourth-order valence-corrected chi connectivity index (χ4v) is 1.60. The van der Waals surface area contributed by atoms with Crippen molar-refractivity contribution in [3.63, 3.8) is 0 Å². The van der Waals surface area contributed by atoms with E-state index >= 15 is 0 Å². The molecule has 0 aliphatic carbocycles. The Hall–Kier alpha value is -0.800. The van der Waals surface area contributed by atoms with E-state index in [4.69, 9.17) is 9.15 Å². The van der Waals surface area contributed by atoms with E-state index in [1.165, 1.54) is 0 Å². The summed E-state index contributed by atoms with van der Waals surface area (Å²) in [5.74, 6) is 1.02. The molecule has 0 spiro atoms. The van der Waals surface area contributed by atoms with Gasteiger partial charge < -0.3 is 14.5 Å². The van der Waals surface area contributed by atoms with Gasteiger partial charge in [0.25, 0.3) is 0 Å². The zero-order valence-electron chi connectivity index (χ0n) is 10.5. The van der Waals surface area contributed by atoms with Crippen LogP contribution in [0.2, 0.25) is 0 Å². The first-order valence-electron chi connectivity index (χ1n) is 6.12. The Morgan fingerprint density at radius 2 is 2.25 bits per heavy atom. The molecule has 16 heavy (non-hydrogen) atoms. The molecule has 0 saturated heterocycles. The molecule has 0 aromatic carbocycles. The van der Waals surface area contributed by atoms with Crippen LogP contribution >= 0.6 is 0 Å². The Kier molecular flexibility index (Phi) is 6.19. The molecule has 1 rings (SSSR count). The minimum Gasteiger partial charge on any atom is -0.468 e. The van der Waals surface area contributed by atoms with Gasteiger partial charge in [-0.2, -0.15) is 0 Å². The summed E-state index contributed by atoms with van der Waals surface area (Å²) >= 11 is 0. The highest BCUT2D eigenvalue weighted by atomic mass is 16.5. The smallest absolute Gasteiger partial charge is 0.120 e. The highest BCUT2D eigenvalue weighted by molar-refractivity contribution is 5.03. The zero-order valence-corrected chi connectivity index (χ0v) is 10.5. The Labute approximate surface area is 98.2 Å². The summed E-state index contributed by atoms with van der Waals surface area (Å²) in [5.41, 5.74) is 0. The lowest BCUT2D eigenvalue weighted by Gasteiger charge is -2.14. The van der Waals surface area contributed by atoms with Gasteiger partial charge in [0, 0.05) is 6.61 Å². The molecule has 1 heterocycles. The Bertz CT molecular complexity index is 257. The van der Waals surface area contributed by atoms with E-state index in [9.17, 15) is 0 Å². The topological polar surface area (TPSA) is 34.4 Å². The maximum atomic E-state index is 5.48. The Morgan fingerprint density at radius 1 is 1.44 bits per heavy atom. The predicted molar refractivity (Wildman–Crippen MR) is 65.4 cm³/mol. The number of rotatable bonds is 8. The second-order valence-corrected chi connectivity index (χ2v) is 4.20. The molecular weight excluding hydrogens is 202 g/mol. The average Bonchev–Trinajstić information content (AvgIpc) is 2.76. The fourth-order valence-electron chi connectivity index (χ4n) is 1.60. The molecule has 0 bridgehead atoms. The molecule has 92 valence electrons. The van der Waals surface area contributed by atoms with Crippen molar-refractivity contribution in [2.75, 3.05) is 13.2 Å². The van der Waals surface area contributed by atoms with Crippen LogP contribution < -0.4 is 5.32 Å². The monoisotopic (exact) mass is 225 g/mol. The van der Waals surface area contributed by atoms with Crippen LogP contribution in [0.5, 0.6) is 0 Å². The molecule has 0 saturated carbocycles. The van der Waals surface area contributed by atoms with Crippen molar-refractivity contribution in [1.29, 1.82) is 0 Å². The number of hydrogen-bond donors (Lipinski definition) is 1. The molecule has 0 amide bonds. The van der Waals surface area contributed by atoms with Crippen LogP contribution in [0.25, 0.3) is 0 Å². The van der Waals surface area contributed by atoms with Gasteiger partial charge in [-0.25, -0.2) is 0 Å². The van der Waals surface area contributed by atoms with Crippen LogP contribution in [-0.4, -0.2) is 19.3 Å². The lowest BCUT2D eigenvalue weighted by molar-refractivity contribution is 0.0765. The quantitative estimate of drug-likeness (QED) is 0.690. The Balaban J connectivity index is 2.15. The van der Waals surface area contributed by atoms with Gasteiger partial charge in [0.05, 0.1) is 18.4 Å². The summed E-state index contributed by atoms with van der Waals surface area (Å²) in [7, 11) is 0. The van der Waals surface area contributed by atoms with Crippen LogP contribution in [0.1, 0.15) is 45.4 Å². The van der Waals surface area contributed by atoms with Gasteiger partial charge in [-0.3, -0.25) is 0 Å². The molecule has 0 aliphatic rings. The first-order valence-corrected chi connectivity index (χ1v) is 6.12. The predicted octanol–water partition coefficient (Wildman–Crippen LogP) is 3.14. The number of nitrogens with one attached hydrogen (secondary N) is 1. The molecule has 0 aliphatic heterocycles. The first kappa shape index (κ1) is 13.3. The van der Waals surface area contributed by atoms with Gasteiger partial charge in [-0.1, -0.05) is 6.92 Å². The molecule has 1 N–H and O–H groups in total. The van der Waals surface area contributed by atoms with Crippen molar-refractivity contribution in [2.45, 2.75) is 45.8 Å². The van der Waals surface area contributed by atoms with Gasteiger partial charge in [-0.05, 0) is 45.4 Å². The maximum Gasteiger partial charge on any atom is 0.120 e. The van der Waals surface area contributed by atoms with Crippen LogP contribution in [0.4, 0.5) is 0 Å². The van der Waals surface area contributed by atoms with Gasteiger partial charge in [0.1, 0.15) is 5.76 Å². The van der Waals surface area contributed by atoms with E-state index in [1.54, 1.807) is 6.26 Å². The van der Waals surface area contributed by atoms with Crippen LogP contribution in [0, 0.1) is 0 Å². The normalized spacial score (nSPS) is 13.2. The highest BCUT2D eigenvalue weighted by Crippen LogP contribution is 2.16. The second kappa shape index (κ2) is 7.47. The molecule has 3 nitrogen and oxygen atoms in total. The molecule has 1 atom stereocenters. The number of hydrogen-bond acceptors (Lipinski definition) is 3. The summed E-state index contributed by atoms with van der Waals surface area (Å²) in [6.45, 7) is 8.06. The molecular formula is C13H23NO2. The van der Waals surface area contributed by atoms with E-state index < -0.39 is 0 Å². The molecule has 1 aromatic heterocycles. The largest absolute Gasteiger partial charge is 0.468 e. The first-order chi connectivity index (χ1) is 7.74. The van der Waals surface area contributed by atoms with E-state index in [2.05, 4.69) is 26.1 Å². The van der Waals surface area contributed by atoms with E-state index in [0.29, 0.717) is 12.1 Å². The van der Waals surface area contributed by atoms with E-state index in [0.717, 1.165) is 31.8 Å². The second-order valence-electron chi connectivity index (χ2n) is 4.20. The SMILES string of the molecule is CCC(NCCCOC(C)C)c1ccco1. The van der Waals surface area contributed by atoms with Gasteiger partial charge in [0.2, 0.25) is 0 Å². The van der Waals surface area contributed by atoms with Crippen molar-refractivity contribution in [3.05, 3.63) is 24.2 Å². The lowest BCUT2D eigenvalue weighted by Crippen LogP contribution is -2.22. The van der Waals surface area contributed by atoms with E-state index in [-0.39, 0.29) is 0 Å². The molecule has 0 fully saturated rings. The van der Waals surface area contributed by atoms with Crippen molar-refractivity contribution in [3.8, 4) is 0 Å². The third-order valence-corrected chi connectivity index (χ3v) is 2.46. The van der Waals surface area contributed by atoms with Gasteiger partial charge in [-0.15, -0.1) is 0 Å². The van der Waals surface area contributed by atoms with Crippen molar-refractivity contribution in [1.82, 2.24) is 5.32 Å². The summed E-state index contributed by atoms with van der Waals surface area (Å²) in [6, 6.07) is 4.28. The lowest BCUT2D eigenvalue weighted by atomic mass is 10.1. The minimum absolute atomic E-state index is 0.326. The third-order valence-electron chi connectivity index (χ3n) is 2.46. The summed E-state index contributed by atoms with van der Waals surface area (Å²) in [4.78, 5) is 0. The summed E-state index contributed by atoms with van der Waals surface area (Å²) in [5, 5.41) is 3.47. The molecule has 3 heteroatoms. The molecule has 0 radical (unpaired) electrons. The standard InChI is InChI=1S/C13H23NO2/c1-4-12(13-7-5-9-16-13)14-8-6-10-15-11(2)3/h5,7,9,11-12,14H,4,6,8,10H2,1-3H3. The van der Waals surface area contributed by atoms with Crippen LogP contribution in [0.3, 0.4) is 0 Å². The van der Waals surface area contributed by atoms with Crippen molar-refractivity contribution >= 4 is 0 Å². The zero-order chi connectivity index (χ0) is 11.8. The van der Waals surface area contributed by atoms with Crippen molar-refractivity contribution in [2.24, 2.45) is 0 Å². The summed E-state index contributed by atoms with van der Waals surface area (Å²) in [6.07, 6.45) is 4.13. The molecule has 1 unspecified atom stereocenters. The third kappa shape index (κ3) is 4.81. The fraction of sp³-hybridized carbons (Fsp3) is 0.692. The summed E-state index contributed by atoms with van der Waals surface area (Å²) < 4.78 is 10.9. The minimum atomic E-state index is 0.326. The van der Waals surface area contributed by atoms with Gasteiger partial charge >= 0.3 is 0 Å². The Morgan fingerprint density at radius 3 is 2.81 bits per heavy atom. The average molecular weight is 225 g/mol. The van der Waals surface area contributed by atoms with Crippen LogP contribution in [0.15, 0.2) is 22.8 Å². The van der Waals surface area contributed by atoms with Crippen molar-refractivity contribution < 1.29 is 9.15 Å². The van der Waals surface area contributed by atoms with Crippen LogP contribution in [-0.2, 0) is 4.74 Å². The number of furan rings is 1. The molecule has 1 aromatic rings. The maximum absolute atomic E-state index is 5.48.